The monoisotopic (exact) mass is 430 g/mol. The van der Waals surface area contributed by atoms with Gasteiger partial charge in [0.15, 0.2) is 0 Å². The van der Waals surface area contributed by atoms with Gasteiger partial charge in [0.05, 0.1) is 6.04 Å². The number of ether oxygens (including phenoxy) is 1. The standard InChI is InChI=1S/C23H24Cl2N2O2/c24-18-9-17(10-19(25)12-18)16-2-1-14-3-4-21(20(14)11-16)26-23(28)29-22-13-27-7-5-15(22)6-8-27/h1-2,9-12,15,21-22H,3-8,13H2,(H,26,28)/t21?,22-/m1/s1. The van der Waals surface area contributed by atoms with Gasteiger partial charge < -0.3 is 10.1 Å². The molecule has 3 aliphatic heterocycles. The number of amides is 1. The first-order valence-electron chi connectivity index (χ1n) is 10.3. The minimum absolute atomic E-state index is 0.0202. The first-order valence-corrected chi connectivity index (χ1v) is 11.1. The molecular weight excluding hydrogens is 407 g/mol. The fraction of sp³-hybridized carbons (Fsp3) is 0.435. The number of hydrogen-bond acceptors (Lipinski definition) is 3. The van der Waals surface area contributed by atoms with Crippen LogP contribution in [0.1, 0.15) is 36.4 Å². The van der Waals surface area contributed by atoms with Gasteiger partial charge in [-0.3, -0.25) is 4.90 Å². The molecule has 0 radical (unpaired) electrons. The maximum atomic E-state index is 12.6. The van der Waals surface area contributed by atoms with E-state index in [2.05, 4.69) is 28.4 Å². The van der Waals surface area contributed by atoms with Crippen molar-refractivity contribution in [3.05, 3.63) is 57.6 Å². The van der Waals surface area contributed by atoms with E-state index >= 15 is 0 Å². The van der Waals surface area contributed by atoms with Crippen LogP contribution in [-0.4, -0.2) is 36.7 Å². The van der Waals surface area contributed by atoms with Gasteiger partial charge in [-0.25, -0.2) is 4.79 Å². The molecule has 29 heavy (non-hydrogen) atoms. The van der Waals surface area contributed by atoms with Crippen molar-refractivity contribution in [2.24, 2.45) is 5.92 Å². The van der Waals surface area contributed by atoms with Crippen molar-refractivity contribution in [3.8, 4) is 11.1 Å². The van der Waals surface area contributed by atoms with Crippen molar-refractivity contribution < 1.29 is 9.53 Å². The molecule has 0 aromatic heterocycles. The lowest BCUT2D eigenvalue weighted by Crippen LogP contribution is -2.52. The maximum absolute atomic E-state index is 12.6. The van der Waals surface area contributed by atoms with Gasteiger partial charge in [-0.15, -0.1) is 0 Å². The van der Waals surface area contributed by atoms with Crippen LogP contribution >= 0.6 is 23.2 Å². The van der Waals surface area contributed by atoms with E-state index in [1.54, 1.807) is 6.07 Å². The highest BCUT2D eigenvalue weighted by atomic mass is 35.5. The van der Waals surface area contributed by atoms with Crippen LogP contribution in [0.25, 0.3) is 11.1 Å². The van der Waals surface area contributed by atoms with E-state index in [4.69, 9.17) is 27.9 Å². The van der Waals surface area contributed by atoms with Crippen molar-refractivity contribution >= 4 is 29.3 Å². The third-order valence-electron chi connectivity index (χ3n) is 6.57. The molecule has 0 spiro atoms. The predicted octanol–water partition coefficient (Wildman–Crippen LogP) is 5.47. The van der Waals surface area contributed by atoms with Crippen LogP contribution in [0.5, 0.6) is 0 Å². The van der Waals surface area contributed by atoms with Crippen LogP contribution in [0.15, 0.2) is 36.4 Å². The summed E-state index contributed by atoms with van der Waals surface area (Å²) in [4.78, 5) is 15.0. The molecule has 1 N–H and O–H groups in total. The number of nitrogens with zero attached hydrogens (tertiary/aromatic N) is 1. The fourth-order valence-corrected chi connectivity index (χ4v) is 5.54. The third kappa shape index (κ3) is 3.98. The van der Waals surface area contributed by atoms with Crippen molar-refractivity contribution in [1.82, 2.24) is 10.2 Å². The van der Waals surface area contributed by atoms with Gasteiger partial charge in [-0.05, 0) is 91.2 Å². The Hall–Kier alpha value is -1.75. The molecule has 1 amide bonds. The third-order valence-corrected chi connectivity index (χ3v) is 7.00. The van der Waals surface area contributed by atoms with Crippen molar-refractivity contribution in [1.29, 1.82) is 0 Å². The predicted molar refractivity (Wildman–Crippen MR) is 116 cm³/mol. The second kappa shape index (κ2) is 7.82. The summed E-state index contributed by atoms with van der Waals surface area (Å²) >= 11 is 12.3. The second-order valence-electron chi connectivity index (χ2n) is 8.39. The number of nitrogens with one attached hydrogen (secondary N) is 1. The zero-order chi connectivity index (χ0) is 20.0. The lowest BCUT2D eigenvalue weighted by molar-refractivity contribution is -0.0339. The molecule has 4 aliphatic rings. The van der Waals surface area contributed by atoms with E-state index in [0.29, 0.717) is 16.0 Å². The zero-order valence-corrected chi connectivity index (χ0v) is 17.7. The second-order valence-corrected chi connectivity index (χ2v) is 9.26. The number of halogens is 2. The fourth-order valence-electron chi connectivity index (χ4n) is 5.01. The smallest absolute Gasteiger partial charge is 0.407 e. The largest absolute Gasteiger partial charge is 0.445 e. The summed E-state index contributed by atoms with van der Waals surface area (Å²) in [5.74, 6) is 0.515. The van der Waals surface area contributed by atoms with Gasteiger partial charge in [-0.1, -0.05) is 35.3 Å². The van der Waals surface area contributed by atoms with Gasteiger partial charge in [0.25, 0.3) is 0 Å². The molecule has 4 nitrogen and oxygen atoms in total. The summed E-state index contributed by atoms with van der Waals surface area (Å²) in [5.41, 5.74) is 4.46. The number of fused-ring (bicyclic) bond motifs is 4. The van der Waals surface area contributed by atoms with Crippen molar-refractivity contribution in [3.63, 3.8) is 0 Å². The Morgan fingerprint density at radius 2 is 1.76 bits per heavy atom. The maximum Gasteiger partial charge on any atom is 0.407 e. The molecule has 1 unspecified atom stereocenters. The molecule has 2 atom stereocenters. The molecular formula is C23H24Cl2N2O2. The Morgan fingerprint density at radius 3 is 2.45 bits per heavy atom. The van der Waals surface area contributed by atoms with Crippen LogP contribution in [0.3, 0.4) is 0 Å². The molecule has 6 rings (SSSR count). The molecule has 3 saturated heterocycles. The molecule has 2 bridgehead atoms. The number of carbonyl (C=O) groups is 1. The van der Waals surface area contributed by atoms with E-state index in [-0.39, 0.29) is 18.2 Å². The Kier molecular flexibility index (Phi) is 5.19. The van der Waals surface area contributed by atoms with Gasteiger partial charge in [0, 0.05) is 16.6 Å². The molecule has 0 saturated carbocycles. The average Bonchev–Trinajstić information content (AvgIpc) is 3.10. The summed E-state index contributed by atoms with van der Waals surface area (Å²) in [5, 5.41) is 4.34. The normalized spacial score (nSPS) is 27.5. The summed E-state index contributed by atoms with van der Waals surface area (Å²) in [7, 11) is 0. The molecule has 152 valence electrons. The molecule has 3 fully saturated rings. The van der Waals surface area contributed by atoms with Crippen LogP contribution in [-0.2, 0) is 11.2 Å². The Labute approximate surface area is 181 Å². The summed E-state index contributed by atoms with van der Waals surface area (Å²) in [6, 6.07) is 11.9. The molecule has 6 heteroatoms. The van der Waals surface area contributed by atoms with E-state index in [0.717, 1.165) is 62.0 Å². The van der Waals surface area contributed by atoms with E-state index in [1.165, 1.54) is 5.56 Å². The van der Waals surface area contributed by atoms with Crippen LogP contribution in [0, 0.1) is 5.92 Å². The van der Waals surface area contributed by atoms with Crippen LogP contribution < -0.4 is 5.32 Å². The quantitative estimate of drug-likeness (QED) is 0.701. The molecule has 2 aromatic carbocycles. The summed E-state index contributed by atoms with van der Waals surface area (Å²) < 4.78 is 5.82. The highest BCUT2D eigenvalue weighted by Gasteiger charge is 2.37. The number of piperidine rings is 3. The molecule has 3 heterocycles. The highest BCUT2D eigenvalue weighted by molar-refractivity contribution is 6.35. The van der Waals surface area contributed by atoms with Crippen molar-refractivity contribution in [2.75, 3.05) is 19.6 Å². The van der Waals surface area contributed by atoms with E-state index < -0.39 is 0 Å². The lowest BCUT2D eigenvalue weighted by atomic mass is 9.86. The first kappa shape index (κ1) is 19.2. The lowest BCUT2D eigenvalue weighted by Gasteiger charge is -2.43. The SMILES string of the molecule is O=C(NC1CCc2ccc(-c3cc(Cl)cc(Cl)c3)cc21)O[C@@H]1CN2CCC1CC2. The highest BCUT2D eigenvalue weighted by Crippen LogP contribution is 2.36. The Morgan fingerprint density at radius 1 is 1.00 bits per heavy atom. The number of rotatable bonds is 3. The number of hydrogen-bond donors (Lipinski definition) is 1. The number of alkyl carbamates (subject to hydrolysis) is 1. The van der Waals surface area contributed by atoms with Crippen molar-refractivity contribution in [2.45, 2.75) is 37.8 Å². The van der Waals surface area contributed by atoms with Crippen LogP contribution in [0.2, 0.25) is 10.0 Å². The van der Waals surface area contributed by atoms with Crippen LogP contribution in [0.4, 0.5) is 4.79 Å². The minimum Gasteiger partial charge on any atom is -0.445 e. The van der Waals surface area contributed by atoms with Gasteiger partial charge in [0.1, 0.15) is 6.10 Å². The molecule has 1 aliphatic carbocycles. The average molecular weight is 431 g/mol. The minimum atomic E-state index is -0.294. The van der Waals surface area contributed by atoms with Gasteiger partial charge in [0.2, 0.25) is 0 Å². The summed E-state index contributed by atoms with van der Waals surface area (Å²) in [6.07, 6.45) is 3.85. The van der Waals surface area contributed by atoms with Gasteiger partial charge >= 0.3 is 6.09 Å². The molecule has 2 aromatic rings. The number of carbonyl (C=O) groups excluding carboxylic acids is 1. The topological polar surface area (TPSA) is 41.6 Å². The Balaban J connectivity index is 1.30. The zero-order valence-electron chi connectivity index (χ0n) is 16.2. The van der Waals surface area contributed by atoms with E-state index in [1.807, 2.05) is 12.1 Å². The Bertz CT molecular complexity index is 920. The summed E-state index contributed by atoms with van der Waals surface area (Å²) in [6.45, 7) is 3.15. The number of aryl methyl sites for hydroxylation is 1. The first-order chi connectivity index (χ1) is 14.0. The van der Waals surface area contributed by atoms with E-state index in [9.17, 15) is 4.79 Å². The van der Waals surface area contributed by atoms with Gasteiger partial charge in [-0.2, -0.15) is 0 Å². The number of benzene rings is 2.